The van der Waals surface area contributed by atoms with E-state index in [2.05, 4.69) is 22.6 Å². The SMILES string of the molecule is COc1ccccc1C(=O)OCC/C=C/I. The van der Waals surface area contributed by atoms with Gasteiger partial charge in [-0.15, -0.1) is 0 Å². The van der Waals surface area contributed by atoms with Gasteiger partial charge in [0.25, 0.3) is 0 Å². The van der Waals surface area contributed by atoms with Gasteiger partial charge in [0.1, 0.15) is 11.3 Å². The van der Waals surface area contributed by atoms with Crippen LogP contribution in [0.4, 0.5) is 0 Å². The number of esters is 1. The van der Waals surface area contributed by atoms with Crippen LogP contribution >= 0.6 is 22.6 Å². The van der Waals surface area contributed by atoms with E-state index in [1.54, 1.807) is 18.2 Å². The first-order valence-electron chi connectivity index (χ1n) is 4.85. The molecule has 3 nitrogen and oxygen atoms in total. The largest absolute Gasteiger partial charge is 0.496 e. The second kappa shape index (κ2) is 7.27. The fourth-order valence-electron chi connectivity index (χ4n) is 1.17. The van der Waals surface area contributed by atoms with Crippen LogP contribution in [0.25, 0.3) is 0 Å². The summed E-state index contributed by atoms with van der Waals surface area (Å²) in [6.45, 7) is 0.385. The van der Waals surface area contributed by atoms with Gasteiger partial charge in [-0.25, -0.2) is 4.79 Å². The van der Waals surface area contributed by atoms with Gasteiger partial charge < -0.3 is 9.47 Å². The molecule has 4 heteroatoms. The minimum atomic E-state index is -0.348. The number of hydrogen-bond donors (Lipinski definition) is 0. The smallest absolute Gasteiger partial charge is 0.341 e. The summed E-state index contributed by atoms with van der Waals surface area (Å²) in [5.41, 5.74) is 0.462. The molecular formula is C12H13IO3. The number of benzene rings is 1. The van der Waals surface area contributed by atoms with Crippen molar-refractivity contribution in [3.63, 3.8) is 0 Å². The molecule has 0 aromatic heterocycles. The highest BCUT2D eigenvalue weighted by atomic mass is 127. The highest BCUT2D eigenvalue weighted by Crippen LogP contribution is 2.18. The first kappa shape index (κ1) is 13.0. The average Bonchev–Trinajstić information content (AvgIpc) is 2.34. The topological polar surface area (TPSA) is 35.5 Å². The first-order valence-corrected chi connectivity index (χ1v) is 6.09. The molecule has 0 N–H and O–H groups in total. The van der Waals surface area contributed by atoms with Crippen LogP contribution in [-0.2, 0) is 4.74 Å². The van der Waals surface area contributed by atoms with Crippen molar-refractivity contribution in [1.82, 2.24) is 0 Å². The van der Waals surface area contributed by atoms with Gasteiger partial charge in [0.15, 0.2) is 0 Å². The highest BCUT2D eigenvalue weighted by molar-refractivity contribution is 14.1. The number of carbonyl (C=O) groups excluding carboxylic acids is 1. The van der Waals surface area contributed by atoms with E-state index in [0.29, 0.717) is 17.9 Å². The minimum Gasteiger partial charge on any atom is -0.496 e. The summed E-state index contributed by atoms with van der Waals surface area (Å²) in [6, 6.07) is 7.02. The summed E-state index contributed by atoms with van der Waals surface area (Å²) in [6.07, 6.45) is 2.67. The van der Waals surface area contributed by atoms with E-state index in [0.717, 1.165) is 6.42 Å². The summed E-state index contributed by atoms with van der Waals surface area (Å²) in [5.74, 6) is 0.191. The van der Waals surface area contributed by atoms with Crippen LogP contribution < -0.4 is 4.74 Å². The number of ether oxygens (including phenoxy) is 2. The molecule has 16 heavy (non-hydrogen) atoms. The van der Waals surface area contributed by atoms with Crippen LogP contribution in [0.3, 0.4) is 0 Å². The lowest BCUT2D eigenvalue weighted by Gasteiger charge is -2.07. The summed E-state index contributed by atoms with van der Waals surface area (Å²) >= 11 is 2.13. The fourth-order valence-corrected chi connectivity index (χ4v) is 1.53. The number of rotatable bonds is 5. The molecule has 0 atom stereocenters. The number of halogens is 1. The number of methoxy groups -OCH3 is 1. The standard InChI is InChI=1S/C12H13IO3/c1-15-11-7-3-2-6-10(11)12(14)16-9-5-4-8-13/h2-4,6-8H,5,9H2,1H3/b8-4+. The Bertz CT molecular complexity index is 374. The van der Waals surface area contributed by atoms with Crippen molar-refractivity contribution >= 4 is 28.6 Å². The van der Waals surface area contributed by atoms with Crippen LogP contribution in [0.1, 0.15) is 16.8 Å². The van der Waals surface area contributed by atoms with Gasteiger partial charge in [-0.3, -0.25) is 0 Å². The Labute approximate surface area is 109 Å². The molecule has 0 saturated heterocycles. The number of para-hydroxylation sites is 1. The summed E-state index contributed by atoms with van der Waals surface area (Å²) in [4.78, 5) is 11.7. The van der Waals surface area contributed by atoms with Gasteiger partial charge in [-0.2, -0.15) is 0 Å². The van der Waals surface area contributed by atoms with Gasteiger partial charge in [-0.05, 0) is 16.2 Å². The van der Waals surface area contributed by atoms with Crippen molar-refractivity contribution < 1.29 is 14.3 Å². The van der Waals surface area contributed by atoms with Crippen LogP contribution in [0, 0.1) is 0 Å². The molecule has 0 spiro atoms. The van der Waals surface area contributed by atoms with Crippen molar-refractivity contribution in [2.45, 2.75) is 6.42 Å². The van der Waals surface area contributed by atoms with Crippen molar-refractivity contribution in [3.05, 3.63) is 40.0 Å². The molecule has 0 bridgehead atoms. The van der Waals surface area contributed by atoms with Crippen LogP contribution in [0.2, 0.25) is 0 Å². The quantitative estimate of drug-likeness (QED) is 0.472. The third kappa shape index (κ3) is 3.84. The molecule has 0 radical (unpaired) electrons. The third-order valence-electron chi connectivity index (χ3n) is 1.93. The predicted molar refractivity (Wildman–Crippen MR) is 71.1 cm³/mol. The number of carbonyl (C=O) groups is 1. The number of hydrogen-bond acceptors (Lipinski definition) is 3. The maximum Gasteiger partial charge on any atom is 0.341 e. The molecule has 1 aromatic carbocycles. The normalized spacial score (nSPS) is 10.4. The van der Waals surface area contributed by atoms with Gasteiger partial charge in [0.2, 0.25) is 0 Å². The van der Waals surface area contributed by atoms with E-state index in [-0.39, 0.29) is 5.97 Å². The Morgan fingerprint density at radius 2 is 2.19 bits per heavy atom. The zero-order chi connectivity index (χ0) is 11.8. The van der Waals surface area contributed by atoms with Crippen LogP contribution in [0.15, 0.2) is 34.4 Å². The lowest BCUT2D eigenvalue weighted by molar-refractivity contribution is 0.0508. The maximum atomic E-state index is 11.7. The Morgan fingerprint density at radius 3 is 2.88 bits per heavy atom. The second-order valence-corrected chi connectivity index (χ2v) is 3.71. The molecule has 0 heterocycles. The van der Waals surface area contributed by atoms with E-state index < -0.39 is 0 Å². The first-order chi connectivity index (χ1) is 7.79. The van der Waals surface area contributed by atoms with Gasteiger partial charge in [0, 0.05) is 6.42 Å². The molecule has 0 aliphatic rings. The Hall–Kier alpha value is -1.04. The molecule has 0 aliphatic heterocycles. The van der Waals surface area contributed by atoms with Crippen molar-refractivity contribution in [1.29, 1.82) is 0 Å². The van der Waals surface area contributed by atoms with Gasteiger partial charge >= 0.3 is 5.97 Å². The average molecular weight is 332 g/mol. The van der Waals surface area contributed by atoms with Crippen LogP contribution in [0.5, 0.6) is 5.75 Å². The molecule has 0 fully saturated rings. The molecule has 86 valence electrons. The Morgan fingerprint density at radius 1 is 1.44 bits per heavy atom. The molecule has 0 amide bonds. The van der Waals surface area contributed by atoms with Crippen molar-refractivity contribution in [2.24, 2.45) is 0 Å². The van der Waals surface area contributed by atoms with E-state index >= 15 is 0 Å². The third-order valence-corrected chi connectivity index (χ3v) is 2.44. The van der Waals surface area contributed by atoms with Gasteiger partial charge in [-0.1, -0.05) is 40.8 Å². The van der Waals surface area contributed by atoms with E-state index in [1.165, 1.54) is 7.11 Å². The second-order valence-electron chi connectivity index (χ2n) is 2.99. The van der Waals surface area contributed by atoms with E-state index in [4.69, 9.17) is 9.47 Å². The Balaban J connectivity index is 2.58. The molecule has 1 aromatic rings. The maximum absolute atomic E-state index is 11.7. The molecule has 0 aliphatic carbocycles. The van der Waals surface area contributed by atoms with Crippen molar-refractivity contribution in [2.75, 3.05) is 13.7 Å². The zero-order valence-corrected chi connectivity index (χ0v) is 11.1. The molecule has 0 unspecified atom stereocenters. The Kier molecular flexibility index (Phi) is 5.92. The summed E-state index contributed by atoms with van der Waals surface area (Å²) < 4.78 is 12.1. The van der Waals surface area contributed by atoms with E-state index in [9.17, 15) is 4.79 Å². The van der Waals surface area contributed by atoms with Gasteiger partial charge in [0.05, 0.1) is 13.7 Å². The monoisotopic (exact) mass is 332 g/mol. The summed E-state index contributed by atoms with van der Waals surface area (Å²) in [7, 11) is 1.53. The lowest BCUT2D eigenvalue weighted by atomic mass is 10.2. The van der Waals surface area contributed by atoms with Crippen LogP contribution in [-0.4, -0.2) is 19.7 Å². The fraction of sp³-hybridized carbons (Fsp3) is 0.250. The van der Waals surface area contributed by atoms with E-state index in [1.807, 2.05) is 16.2 Å². The highest BCUT2D eigenvalue weighted by Gasteiger charge is 2.11. The summed E-state index contributed by atoms with van der Waals surface area (Å²) in [5, 5.41) is 0. The lowest BCUT2D eigenvalue weighted by Crippen LogP contribution is -2.07. The predicted octanol–water partition coefficient (Wildman–Crippen LogP) is 3.19. The molecule has 1 rings (SSSR count). The zero-order valence-electron chi connectivity index (χ0n) is 8.98. The minimum absolute atomic E-state index is 0.348. The molecule has 0 saturated carbocycles. The van der Waals surface area contributed by atoms with Crippen molar-refractivity contribution in [3.8, 4) is 5.75 Å². The molecular weight excluding hydrogens is 319 g/mol.